The van der Waals surface area contributed by atoms with E-state index in [-0.39, 0.29) is 11.8 Å². The molecule has 0 aromatic heterocycles. The van der Waals surface area contributed by atoms with Crippen LogP contribution in [0.3, 0.4) is 0 Å². The lowest BCUT2D eigenvalue weighted by atomic mass is 9.92. The fourth-order valence-electron chi connectivity index (χ4n) is 3.64. The van der Waals surface area contributed by atoms with Crippen LogP contribution < -0.4 is 10.6 Å². The molecule has 0 bridgehead atoms. The third-order valence-electron chi connectivity index (χ3n) is 5.09. The second-order valence-electron chi connectivity index (χ2n) is 6.64. The van der Waals surface area contributed by atoms with Crippen molar-refractivity contribution in [3.8, 4) is 0 Å². The van der Waals surface area contributed by atoms with E-state index in [1.165, 1.54) is 0 Å². The molecule has 5 heteroatoms. The zero-order valence-electron chi connectivity index (χ0n) is 13.6. The Balaban J connectivity index is 1.56. The van der Waals surface area contributed by atoms with Crippen molar-refractivity contribution in [2.45, 2.75) is 25.8 Å². The van der Waals surface area contributed by atoms with Gasteiger partial charge < -0.3 is 15.5 Å². The van der Waals surface area contributed by atoms with Crippen LogP contribution in [-0.2, 0) is 4.79 Å². The Morgan fingerprint density at radius 1 is 1.13 bits per heavy atom. The number of benzene rings is 1. The van der Waals surface area contributed by atoms with Gasteiger partial charge in [0.2, 0.25) is 5.91 Å². The topological polar surface area (TPSA) is 61.4 Å². The molecule has 0 radical (unpaired) electrons. The van der Waals surface area contributed by atoms with Gasteiger partial charge in [-0.05, 0) is 56.8 Å². The molecule has 1 aromatic carbocycles. The molecule has 3 rings (SSSR count). The number of amides is 2. The first-order valence-electron chi connectivity index (χ1n) is 8.50. The Hall–Kier alpha value is -1.88. The summed E-state index contributed by atoms with van der Waals surface area (Å²) in [4.78, 5) is 26.7. The minimum Gasteiger partial charge on any atom is -0.341 e. The number of likely N-dealkylation sites (tertiary alicyclic amines) is 1. The van der Waals surface area contributed by atoms with Crippen LogP contribution in [0.25, 0.3) is 0 Å². The fourth-order valence-corrected chi connectivity index (χ4v) is 3.64. The highest BCUT2D eigenvalue weighted by Gasteiger charge is 2.32. The molecule has 2 saturated heterocycles. The summed E-state index contributed by atoms with van der Waals surface area (Å²) in [7, 11) is 0. The monoisotopic (exact) mass is 315 g/mol. The molecule has 0 spiro atoms. The average Bonchev–Trinajstić information content (AvgIpc) is 2.93. The number of fused-ring (bicyclic) bond motifs is 1. The predicted molar refractivity (Wildman–Crippen MR) is 89.0 cm³/mol. The van der Waals surface area contributed by atoms with Crippen molar-refractivity contribution < 1.29 is 9.59 Å². The Kier molecular flexibility index (Phi) is 4.96. The maximum absolute atomic E-state index is 12.6. The van der Waals surface area contributed by atoms with Crippen molar-refractivity contribution in [2.24, 2.45) is 11.8 Å². The molecule has 2 aliphatic rings. The lowest BCUT2D eigenvalue weighted by molar-refractivity contribution is -0.132. The number of nitrogens with zero attached hydrogens (tertiary/aromatic N) is 1. The van der Waals surface area contributed by atoms with E-state index in [9.17, 15) is 9.59 Å². The molecule has 2 N–H and O–H groups in total. The first-order valence-corrected chi connectivity index (χ1v) is 8.50. The van der Waals surface area contributed by atoms with Gasteiger partial charge in [0.15, 0.2) is 0 Å². The Labute approximate surface area is 137 Å². The molecule has 2 amide bonds. The molecule has 1 unspecified atom stereocenters. The van der Waals surface area contributed by atoms with Crippen LogP contribution in [0, 0.1) is 11.8 Å². The molecule has 124 valence electrons. The van der Waals surface area contributed by atoms with Gasteiger partial charge in [-0.3, -0.25) is 9.59 Å². The second kappa shape index (κ2) is 7.13. The standard InChI is InChI=1S/C18H25N3O2/c1-13(20-17(22)14-5-3-2-4-6-14)18(23)21-9-7-15-11-19-12-16(15)8-10-21/h2-6,13,15-16,19H,7-12H2,1H3,(H,20,22)/t13?,15-,16+. The molecule has 0 aliphatic carbocycles. The minimum absolute atomic E-state index is 0.0298. The van der Waals surface area contributed by atoms with Crippen molar-refractivity contribution in [3.05, 3.63) is 35.9 Å². The van der Waals surface area contributed by atoms with Gasteiger partial charge in [-0.15, -0.1) is 0 Å². The van der Waals surface area contributed by atoms with E-state index in [1.807, 2.05) is 23.1 Å². The van der Waals surface area contributed by atoms with E-state index in [0.717, 1.165) is 39.0 Å². The molecule has 2 aliphatic heterocycles. The summed E-state index contributed by atoms with van der Waals surface area (Å²) in [6, 6.07) is 8.54. The van der Waals surface area contributed by atoms with E-state index >= 15 is 0 Å². The van der Waals surface area contributed by atoms with Crippen LogP contribution in [0.1, 0.15) is 30.1 Å². The average molecular weight is 315 g/mol. The second-order valence-corrected chi connectivity index (χ2v) is 6.64. The number of rotatable bonds is 3. The van der Waals surface area contributed by atoms with Crippen LogP contribution in [0.5, 0.6) is 0 Å². The summed E-state index contributed by atoms with van der Waals surface area (Å²) in [6.07, 6.45) is 2.12. The molecule has 1 aromatic rings. The SMILES string of the molecule is CC(NC(=O)c1ccccc1)C(=O)N1CC[C@@H]2CNC[C@@H]2CC1. The van der Waals surface area contributed by atoms with Crippen LogP contribution in [0.4, 0.5) is 0 Å². The quantitative estimate of drug-likeness (QED) is 0.883. The molecule has 2 heterocycles. The van der Waals surface area contributed by atoms with Crippen molar-refractivity contribution in [2.75, 3.05) is 26.2 Å². The van der Waals surface area contributed by atoms with Crippen LogP contribution in [0.15, 0.2) is 30.3 Å². The van der Waals surface area contributed by atoms with Crippen molar-refractivity contribution >= 4 is 11.8 Å². The van der Waals surface area contributed by atoms with E-state index in [1.54, 1.807) is 19.1 Å². The van der Waals surface area contributed by atoms with Gasteiger partial charge in [0, 0.05) is 18.7 Å². The maximum atomic E-state index is 12.6. The highest BCUT2D eigenvalue weighted by atomic mass is 16.2. The van der Waals surface area contributed by atoms with Crippen molar-refractivity contribution in [1.29, 1.82) is 0 Å². The summed E-state index contributed by atoms with van der Waals surface area (Å²) in [5.74, 6) is 1.23. The van der Waals surface area contributed by atoms with Crippen LogP contribution in [0.2, 0.25) is 0 Å². The number of hydrogen-bond acceptors (Lipinski definition) is 3. The van der Waals surface area contributed by atoms with Gasteiger partial charge in [-0.2, -0.15) is 0 Å². The first kappa shape index (κ1) is 16.0. The number of carbonyl (C=O) groups excluding carboxylic acids is 2. The molecular formula is C18H25N3O2. The zero-order chi connectivity index (χ0) is 16.2. The summed E-state index contributed by atoms with van der Waals surface area (Å²) in [6.45, 7) is 5.52. The van der Waals surface area contributed by atoms with Gasteiger partial charge in [0.05, 0.1) is 0 Å². The van der Waals surface area contributed by atoms with Gasteiger partial charge in [-0.25, -0.2) is 0 Å². The summed E-state index contributed by atoms with van der Waals surface area (Å²) < 4.78 is 0. The molecule has 2 fully saturated rings. The summed E-state index contributed by atoms with van der Waals surface area (Å²) in [5.41, 5.74) is 0.587. The van der Waals surface area contributed by atoms with Crippen LogP contribution >= 0.6 is 0 Å². The molecule has 5 nitrogen and oxygen atoms in total. The van der Waals surface area contributed by atoms with Gasteiger partial charge in [-0.1, -0.05) is 18.2 Å². The maximum Gasteiger partial charge on any atom is 0.251 e. The predicted octanol–water partition coefficient (Wildman–Crippen LogP) is 1.26. The minimum atomic E-state index is -0.487. The molecule has 3 atom stereocenters. The zero-order valence-corrected chi connectivity index (χ0v) is 13.6. The van der Waals surface area contributed by atoms with E-state index in [2.05, 4.69) is 10.6 Å². The molecule has 0 saturated carbocycles. The third kappa shape index (κ3) is 3.72. The van der Waals surface area contributed by atoms with Crippen molar-refractivity contribution in [3.63, 3.8) is 0 Å². The fraction of sp³-hybridized carbons (Fsp3) is 0.556. The highest BCUT2D eigenvalue weighted by Crippen LogP contribution is 2.27. The van der Waals surface area contributed by atoms with Gasteiger partial charge in [0.25, 0.3) is 5.91 Å². The first-order chi connectivity index (χ1) is 11.1. The smallest absolute Gasteiger partial charge is 0.251 e. The number of hydrogen-bond donors (Lipinski definition) is 2. The normalized spacial score (nSPS) is 25.3. The third-order valence-corrected chi connectivity index (χ3v) is 5.09. The lowest BCUT2D eigenvalue weighted by Crippen LogP contribution is -2.47. The summed E-state index contributed by atoms with van der Waals surface area (Å²) in [5, 5.41) is 6.26. The molecule has 23 heavy (non-hydrogen) atoms. The number of carbonyl (C=O) groups is 2. The van der Waals surface area contributed by atoms with E-state index in [4.69, 9.17) is 0 Å². The summed E-state index contributed by atoms with van der Waals surface area (Å²) >= 11 is 0. The lowest BCUT2D eigenvalue weighted by Gasteiger charge is -2.25. The van der Waals surface area contributed by atoms with E-state index < -0.39 is 6.04 Å². The number of nitrogens with one attached hydrogen (secondary N) is 2. The Bertz CT molecular complexity index is 547. The van der Waals surface area contributed by atoms with Gasteiger partial charge in [0.1, 0.15) is 6.04 Å². The van der Waals surface area contributed by atoms with Crippen molar-refractivity contribution in [1.82, 2.24) is 15.5 Å². The Morgan fingerprint density at radius 2 is 1.74 bits per heavy atom. The van der Waals surface area contributed by atoms with E-state index in [0.29, 0.717) is 17.4 Å². The van der Waals surface area contributed by atoms with Gasteiger partial charge >= 0.3 is 0 Å². The Morgan fingerprint density at radius 3 is 2.35 bits per heavy atom. The van der Waals surface area contributed by atoms with Crippen LogP contribution in [-0.4, -0.2) is 48.9 Å². The largest absolute Gasteiger partial charge is 0.341 e. The molecular weight excluding hydrogens is 290 g/mol. The highest BCUT2D eigenvalue weighted by molar-refractivity contribution is 5.97.